The predicted molar refractivity (Wildman–Crippen MR) is 128 cm³/mol. The Morgan fingerprint density at radius 1 is 1.12 bits per heavy atom. The van der Waals surface area contributed by atoms with Crippen LogP contribution in [0, 0.1) is 0 Å². The molecule has 1 aliphatic rings. The van der Waals surface area contributed by atoms with Gasteiger partial charge in [0.05, 0.1) is 20.6 Å². The number of hydrogen-bond acceptors (Lipinski definition) is 5. The summed E-state index contributed by atoms with van der Waals surface area (Å²) in [6, 6.07) is 11.9. The van der Waals surface area contributed by atoms with Crippen LogP contribution in [0.25, 0.3) is 0 Å². The third kappa shape index (κ3) is 5.31. The molecule has 0 aliphatic carbocycles. The van der Waals surface area contributed by atoms with E-state index in [0.717, 1.165) is 5.56 Å². The second-order valence-corrected chi connectivity index (χ2v) is 8.07. The fourth-order valence-electron chi connectivity index (χ4n) is 3.64. The van der Waals surface area contributed by atoms with Crippen molar-refractivity contribution >= 4 is 46.4 Å². The maximum Gasteiger partial charge on any atom is 0.252 e. The van der Waals surface area contributed by atoms with Gasteiger partial charge in [0.2, 0.25) is 5.91 Å². The number of carbonyl (C=O) groups is 2. The summed E-state index contributed by atoms with van der Waals surface area (Å²) in [5, 5.41) is 3.85. The van der Waals surface area contributed by atoms with Gasteiger partial charge in [-0.2, -0.15) is 0 Å². The van der Waals surface area contributed by atoms with Crippen molar-refractivity contribution in [3.63, 3.8) is 0 Å². The lowest BCUT2D eigenvalue weighted by atomic mass is 10.1. The number of anilines is 1. The van der Waals surface area contributed by atoms with Gasteiger partial charge in [-0.1, -0.05) is 17.7 Å². The molecule has 1 unspecified atom stereocenters. The highest BCUT2D eigenvalue weighted by molar-refractivity contribution is 7.80. The molecule has 3 rings (SSSR count). The minimum atomic E-state index is -0.644. The minimum Gasteiger partial charge on any atom is -0.493 e. The largest absolute Gasteiger partial charge is 0.493 e. The van der Waals surface area contributed by atoms with Crippen LogP contribution in [-0.2, 0) is 16.0 Å². The molecule has 32 heavy (non-hydrogen) atoms. The van der Waals surface area contributed by atoms with E-state index in [9.17, 15) is 9.59 Å². The molecular formula is C23H26ClN3O4S. The number of methoxy groups -OCH3 is 2. The SMILES string of the molecule is CCN1C(=O)C(CC(=O)Nc2ccc(Cl)cc2)N(CCc2ccc(OC)c(OC)c2)C1=S. The van der Waals surface area contributed by atoms with Crippen molar-refractivity contribution in [1.82, 2.24) is 9.80 Å². The Hall–Kier alpha value is -2.84. The van der Waals surface area contributed by atoms with Gasteiger partial charge in [0.1, 0.15) is 6.04 Å². The second-order valence-electron chi connectivity index (χ2n) is 7.27. The Morgan fingerprint density at radius 3 is 2.44 bits per heavy atom. The number of nitrogens with one attached hydrogen (secondary N) is 1. The lowest BCUT2D eigenvalue weighted by Gasteiger charge is -2.24. The first-order valence-corrected chi connectivity index (χ1v) is 11.0. The van der Waals surface area contributed by atoms with Crippen LogP contribution in [0.15, 0.2) is 42.5 Å². The maximum absolute atomic E-state index is 12.9. The van der Waals surface area contributed by atoms with Crippen LogP contribution >= 0.6 is 23.8 Å². The number of carbonyl (C=O) groups excluding carboxylic acids is 2. The van der Waals surface area contributed by atoms with Crippen molar-refractivity contribution < 1.29 is 19.1 Å². The van der Waals surface area contributed by atoms with Crippen LogP contribution in [-0.4, -0.2) is 60.1 Å². The smallest absolute Gasteiger partial charge is 0.252 e. The second kappa shape index (κ2) is 10.7. The molecule has 7 nitrogen and oxygen atoms in total. The monoisotopic (exact) mass is 475 g/mol. The van der Waals surface area contributed by atoms with E-state index >= 15 is 0 Å². The summed E-state index contributed by atoms with van der Waals surface area (Å²) in [5.74, 6) is 0.870. The molecular weight excluding hydrogens is 450 g/mol. The first-order valence-electron chi connectivity index (χ1n) is 10.3. The normalized spacial score (nSPS) is 15.8. The number of hydrogen-bond donors (Lipinski definition) is 1. The van der Waals surface area contributed by atoms with Gasteiger partial charge in [-0.05, 0) is 67.5 Å². The molecule has 1 saturated heterocycles. The van der Waals surface area contributed by atoms with Gasteiger partial charge in [-0.25, -0.2) is 0 Å². The van der Waals surface area contributed by atoms with Crippen LogP contribution in [0.4, 0.5) is 5.69 Å². The topological polar surface area (TPSA) is 71.1 Å². The number of nitrogens with zero attached hydrogens (tertiary/aromatic N) is 2. The number of ether oxygens (including phenoxy) is 2. The van der Waals surface area contributed by atoms with Crippen molar-refractivity contribution in [3.8, 4) is 11.5 Å². The minimum absolute atomic E-state index is 0.00400. The lowest BCUT2D eigenvalue weighted by Crippen LogP contribution is -2.39. The number of amides is 2. The van der Waals surface area contributed by atoms with Crippen molar-refractivity contribution in [2.24, 2.45) is 0 Å². The molecule has 2 aromatic rings. The summed E-state index contributed by atoms with van der Waals surface area (Å²) in [4.78, 5) is 29.0. The Balaban J connectivity index is 1.71. The third-order valence-electron chi connectivity index (χ3n) is 5.32. The Bertz CT molecular complexity index is 999. The number of likely N-dealkylation sites (N-methyl/N-ethyl adjacent to an activating group) is 1. The first-order chi connectivity index (χ1) is 15.4. The molecule has 1 atom stereocenters. The molecule has 2 aromatic carbocycles. The summed E-state index contributed by atoms with van der Waals surface area (Å²) >= 11 is 11.5. The van der Waals surface area contributed by atoms with E-state index in [1.165, 1.54) is 0 Å². The number of rotatable bonds is 9. The summed E-state index contributed by atoms with van der Waals surface area (Å²) in [6.45, 7) is 2.82. The predicted octanol–water partition coefficient (Wildman–Crippen LogP) is 3.75. The van der Waals surface area contributed by atoms with Crippen LogP contribution in [0.5, 0.6) is 11.5 Å². The Morgan fingerprint density at radius 2 is 1.81 bits per heavy atom. The molecule has 0 spiro atoms. The van der Waals surface area contributed by atoms with Crippen molar-refractivity contribution in [3.05, 3.63) is 53.1 Å². The molecule has 1 heterocycles. The number of benzene rings is 2. The van der Waals surface area contributed by atoms with E-state index in [-0.39, 0.29) is 18.2 Å². The van der Waals surface area contributed by atoms with Crippen LogP contribution < -0.4 is 14.8 Å². The molecule has 0 radical (unpaired) electrons. The molecule has 1 N–H and O–H groups in total. The zero-order valence-electron chi connectivity index (χ0n) is 18.3. The van der Waals surface area contributed by atoms with Gasteiger partial charge < -0.3 is 19.7 Å². The van der Waals surface area contributed by atoms with Crippen LogP contribution in [0.2, 0.25) is 5.02 Å². The molecule has 0 saturated carbocycles. The average molecular weight is 476 g/mol. The standard InChI is InChI=1S/C23H26ClN3O4S/c1-4-26-22(29)18(14-21(28)25-17-8-6-16(24)7-9-17)27(23(26)32)12-11-15-5-10-19(30-2)20(13-15)31-3/h5-10,13,18H,4,11-12,14H2,1-3H3,(H,25,28). The van der Waals surface area contributed by atoms with E-state index in [0.29, 0.717) is 46.8 Å². The van der Waals surface area contributed by atoms with Crippen molar-refractivity contribution in [2.45, 2.75) is 25.8 Å². The molecule has 1 fully saturated rings. The highest BCUT2D eigenvalue weighted by Crippen LogP contribution is 2.28. The van der Waals surface area contributed by atoms with Gasteiger partial charge in [0, 0.05) is 23.8 Å². The zero-order chi connectivity index (χ0) is 23.3. The molecule has 9 heteroatoms. The Labute approximate surface area is 198 Å². The van der Waals surface area contributed by atoms with Crippen molar-refractivity contribution in [1.29, 1.82) is 0 Å². The van der Waals surface area contributed by atoms with Gasteiger partial charge in [0.15, 0.2) is 16.6 Å². The molecule has 0 bridgehead atoms. The van der Waals surface area contributed by atoms with Crippen LogP contribution in [0.1, 0.15) is 18.9 Å². The first kappa shape index (κ1) is 23.8. The third-order valence-corrected chi connectivity index (χ3v) is 6.02. The van der Waals surface area contributed by atoms with Gasteiger partial charge >= 0.3 is 0 Å². The number of thiocarbonyl (C=S) groups is 1. The molecule has 170 valence electrons. The quantitative estimate of drug-likeness (QED) is 0.557. The van der Waals surface area contributed by atoms with E-state index in [2.05, 4.69) is 5.32 Å². The van der Waals surface area contributed by atoms with Gasteiger partial charge in [-0.15, -0.1) is 0 Å². The van der Waals surface area contributed by atoms with Gasteiger partial charge in [0.25, 0.3) is 5.91 Å². The molecule has 0 aromatic heterocycles. The van der Waals surface area contributed by atoms with E-state index < -0.39 is 6.04 Å². The maximum atomic E-state index is 12.9. The van der Waals surface area contributed by atoms with E-state index in [1.807, 2.05) is 30.0 Å². The summed E-state index contributed by atoms with van der Waals surface area (Å²) in [6.07, 6.45) is 0.630. The highest BCUT2D eigenvalue weighted by Gasteiger charge is 2.42. The Kier molecular flexibility index (Phi) is 7.93. The average Bonchev–Trinajstić information content (AvgIpc) is 3.01. The molecule has 2 amide bonds. The summed E-state index contributed by atoms with van der Waals surface area (Å²) in [7, 11) is 3.18. The zero-order valence-corrected chi connectivity index (χ0v) is 19.8. The lowest BCUT2D eigenvalue weighted by molar-refractivity contribution is -0.130. The summed E-state index contributed by atoms with van der Waals surface area (Å²) in [5.41, 5.74) is 1.63. The molecule has 1 aliphatic heterocycles. The highest BCUT2D eigenvalue weighted by atomic mass is 35.5. The van der Waals surface area contributed by atoms with Crippen molar-refractivity contribution in [2.75, 3.05) is 32.6 Å². The van der Waals surface area contributed by atoms with E-state index in [1.54, 1.807) is 43.4 Å². The van der Waals surface area contributed by atoms with Crippen LogP contribution in [0.3, 0.4) is 0 Å². The van der Waals surface area contributed by atoms with E-state index in [4.69, 9.17) is 33.3 Å². The fourth-order valence-corrected chi connectivity index (χ4v) is 4.21. The fraction of sp³-hybridized carbons (Fsp3) is 0.348. The van der Waals surface area contributed by atoms with Gasteiger partial charge in [-0.3, -0.25) is 14.5 Å². The number of halogens is 1. The summed E-state index contributed by atoms with van der Waals surface area (Å²) < 4.78 is 10.7.